The van der Waals surface area contributed by atoms with Crippen molar-refractivity contribution in [3.63, 3.8) is 0 Å². The second-order valence-electron chi connectivity index (χ2n) is 3.71. The van der Waals surface area contributed by atoms with Crippen LogP contribution in [0.15, 0.2) is 28.5 Å². The molecule has 0 unspecified atom stereocenters. The Morgan fingerprint density at radius 1 is 1.50 bits per heavy atom. The predicted octanol–water partition coefficient (Wildman–Crippen LogP) is 0.541. The summed E-state index contributed by atoms with van der Waals surface area (Å²) in [6, 6.07) is 2.70. The van der Waals surface area contributed by atoms with Crippen LogP contribution < -0.4 is 5.56 Å². The molecule has 0 saturated carbocycles. The Hall–Kier alpha value is -2.02. The lowest BCUT2D eigenvalue weighted by atomic mass is 10.3. The van der Waals surface area contributed by atoms with E-state index in [2.05, 4.69) is 15.2 Å². The lowest BCUT2D eigenvalue weighted by molar-refractivity contribution is 0.0789. The summed E-state index contributed by atoms with van der Waals surface area (Å²) in [5, 5.41) is 8.84. The van der Waals surface area contributed by atoms with Gasteiger partial charge in [0.2, 0.25) is 0 Å². The van der Waals surface area contributed by atoms with E-state index in [1.165, 1.54) is 12.1 Å². The minimum absolute atomic E-state index is 0.220. The number of nitrogens with zero attached hydrogens (tertiary/aromatic N) is 3. The summed E-state index contributed by atoms with van der Waals surface area (Å²) in [5.74, 6) is -0.220. The van der Waals surface area contributed by atoms with E-state index in [0.29, 0.717) is 13.0 Å². The van der Waals surface area contributed by atoms with Crippen LogP contribution in [0.25, 0.3) is 0 Å². The fraction of sp³-hybridized carbons (Fsp3) is 0.273. The molecule has 0 aliphatic carbocycles. The molecule has 0 saturated heterocycles. The van der Waals surface area contributed by atoms with Crippen molar-refractivity contribution in [3.05, 3.63) is 44.8 Å². The first-order valence-corrected chi connectivity index (χ1v) is 6.24. The van der Waals surface area contributed by atoms with E-state index in [-0.39, 0.29) is 17.2 Å². The summed E-state index contributed by atoms with van der Waals surface area (Å²) in [6.45, 7) is 0.563. The Morgan fingerprint density at radius 3 is 2.94 bits per heavy atom. The summed E-state index contributed by atoms with van der Waals surface area (Å²) in [7, 11) is 1.70. The maximum Gasteiger partial charge on any atom is 0.274 e. The summed E-state index contributed by atoms with van der Waals surface area (Å²) in [6.07, 6.45) is 2.45. The quantitative estimate of drug-likeness (QED) is 0.874. The van der Waals surface area contributed by atoms with Crippen molar-refractivity contribution in [2.75, 3.05) is 13.6 Å². The third kappa shape index (κ3) is 3.01. The molecule has 1 amide bonds. The molecule has 6 nitrogen and oxygen atoms in total. The van der Waals surface area contributed by atoms with E-state index >= 15 is 0 Å². The number of likely N-dealkylation sites (N-methyl/N-ethyl adjacent to an activating group) is 1. The van der Waals surface area contributed by atoms with Crippen molar-refractivity contribution in [3.8, 4) is 0 Å². The molecule has 2 rings (SSSR count). The summed E-state index contributed by atoms with van der Waals surface area (Å²) >= 11 is 1.56. The van der Waals surface area contributed by atoms with Gasteiger partial charge in [-0.25, -0.2) is 10.1 Å². The molecule has 18 heavy (non-hydrogen) atoms. The zero-order chi connectivity index (χ0) is 13.0. The smallest absolute Gasteiger partial charge is 0.274 e. The highest BCUT2D eigenvalue weighted by Gasteiger charge is 2.13. The van der Waals surface area contributed by atoms with Gasteiger partial charge in [0.15, 0.2) is 0 Å². The zero-order valence-corrected chi connectivity index (χ0v) is 10.6. The van der Waals surface area contributed by atoms with Crippen LogP contribution in [0.5, 0.6) is 0 Å². The van der Waals surface area contributed by atoms with Gasteiger partial charge in [-0.1, -0.05) is 0 Å². The molecule has 2 aromatic heterocycles. The molecule has 7 heteroatoms. The first-order chi connectivity index (χ1) is 8.66. The predicted molar refractivity (Wildman–Crippen MR) is 67.6 cm³/mol. The SMILES string of the molecule is CN(CCc1nccs1)C(=O)c1ccc(=O)[nH]n1. The van der Waals surface area contributed by atoms with E-state index in [9.17, 15) is 9.59 Å². The highest BCUT2D eigenvalue weighted by molar-refractivity contribution is 7.09. The van der Waals surface area contributed by atoms with Gasteiger partial charge in [0.25, 0.3) is 11.5 Å². The number of H-pyrrole nitrogens is 1. The third-order valence-corrected chi connectivity index (χ3v) is 3.23. The molecule has 0 aliphatic heterocycles. The maximum atomic E-state index is 11.9. The average Bonchev–Trinajstić information content (AvgIpc) is 2.89. The Bertz CT molecular complexity index is 558. The molecule has 0 fully saturated rings. The molecule has 0 spiro atoms. The van der Waals surface area contributed by atoms with E-state index in [0.717, 1.165) is 5.01 Å². The number of aromatic amines is 1. The van der Waals surface area contributed by atoms with E-state index in [4.69, 9.17) is 0 Å². The summed E-state index contributed by atoms with van der Waals surface area (Å²) < 4.78 is 0. The van der Waals surface area contributed by atoms with Crippen molar-refractivity contribution in [2.24, 2.45) is 0 Å². The molecular weight excluding hydrogens is 252 g/mol. The Balaban J connectivity index is 1.96. The van der Waals surface area contributed by atoms with Crippen molar-refractivity contribution in [1.82, 2.24) is 20.1 Å². The molecule has 0 bridgehead atoms. The lowest BCUT2D eigenvalue weighted by Crippen LogP contribution is -2.30. The van der Waals surface area contributed by atoms with Gasteiger partial charge in [-0.2, -0.15) is 5.10 Å². The lowest BCUT2D eigenvalue weighted by Gasteiger charge is -2.15. The van der Waals surface area contributed by atoms with Crippen molar-refractivity contribution >= 4 is 17.2 Å². The van der Waals surface area contributed by atoms with Crippen LogP contribution in [0.1, 0.15) is 15.5 Å². The highest BCUT2D eigenvalue weighted by Crippen LogP contribution is 2.06. The van der Waals surface area contributed by atoms with Gasteiger partial charge in [0, 0.05) is 37.7 Å². The van der Waals surface area contributed by atoms with Crippen LogP contribution >= 0.6 is 11.3 Å². The van der Waals surface area contributed by atoms with Crippen molar-refractivity contribution in [2.45, 2.75) is 6.42 Å². The third-order valence-electron chi connectivity index (χ3n) is 2.39. The number of carbonyl (C=O) groups excluding carboxylic acids is 1. The Labute approximate surface area is 107 Å². The van der Waals surface area contributed by atoms with Crippen LogP contribution in [-0.4, -0.2) is 39.6 Å². The van der Waals surface area contributed by atoms with Gasteiger partial charge in [0.1, 0.15) is 5.69 Å². The molecule has 94 valence electrons. The molecule has 2 aromatic rings. The van der Waals surface area contributed by atoms with E-state index in [1.807, 2.05) is 5.38 Å². The Kier molecular flexibility index (Phi) is 3.83. The minimum Gasteiger partial charge on any atom is -0.340 e. The van der Waals surface area contributed by atoms with Gasteiger partial charge < -0.3 is 4.90 Å². The first kappa shape index (κ1) is 12.4. The van der Waals surface area contributed by atoms with Crippen LogP contribution in [0.3, 0.4) is 0 Å². The van der Waals surface area contributed by atoms with Gasteiger partial charge in [-0.15, -0.1) is 11.3 Å². The first-order valence-electron chi connectivity index (χ1n) is 5.36. The average molecular weight is 264 g/mol. The van der Waals surface area contributed by atoms with Crippen LogP contribution in [-0.2, 0) is 6.42 Å². The normalized spacial score (nSPS) is 10.3. The molecule has 1 N–H and O–H groups in total. The van der Waals surface area contributed by atoms with E-state index < -0.39 is 0 Å². The summed E-state index contributed by atoms with van der Waals surface area (Å²) in [5.41, 5.74) is -0.0896. The standard InChI is InChI=1S/C11H12N4O2S/c1-15(6-4-10-12-5-7-18-10)11(17)8-2-3-9(16)14-13-8/h2-3,5,7H,4,6H2,1H3,(H,14,16). The number of nitrogens with one attached hydrogen (secondary N) is 1. The Morgan fingerprint density at radius 2 is 2.33 bits per heavy atom. The molecule has 0 aromatic carbocycles. The van der Waals surface area contributed by atoms with Gasteiger partial charge in [0.05, 0.1) is 5.01 Å². The monoisotopic (exact) mass is 264 g/mol. The largest absolute Gasteiger partial charge is 0.340 e. The molecule has 0 aliphatic rings. The number of aromatic nitrogens is 3. The second kappa shape index (κ2) is 5.54. The molecule has 0 radical (unpaired) electrons. The number of amides is 1. The fourth-order valence-corrected chi connectivity index (χ4v) is 2.01. The molecular formula is C11H12N4O2S. The highest BCUT2D eigenvalue weighted by atomic mass is 32.1. The molecule has 2 heterocycles. The minimum atomic E-state index is -0.322. The number of thiazole rings is 1. The number of hydrogen-bond acceptors (Lipinski definition) is 5. The maximum absolute atomic E-state index is 11.9. The topological polar surface area (TPSA) is 79.0 Å². The summed E-state index contributed by atoms with van der Waals surface area (Å²) in [4.78, 5) is 28.5. The van der Waals surface area contributed by atoms with Crippen molar-refractivity contribution in [1.29, 1.82) is 0 Å². The zero-order valence-electron chi connectivity index (χ0n) is 9.79. The number of carbonyl (C=O) groups is 1. The van der Waals surface area contributed by atoms with Gasteiger partial charge in [-0.3, -0.25) is 9.59 Å². The van der Waals surface area contributed by atoms with Gasteiger partial charge in [-0.05, 0) is 6.07 Å². The number of hydrogen-bond donors (Lipinski definition) is 1. The van der Waals surface area contributed by atoms with Crippen LogP contribution in [0.2, 0.25) is 0 Å². The number of rotatable bonds is 4. The van der Waals surface area contributed by atoms with E-state index in [1.54, 1.807) is 29.5 Å². The molecule has 0 atom stereocenters. The van der Waals surface area contributed by atoms with Crippen molar-refractivity contribution < 1.29 is 4.79 Å². The van der Waals surface area contributed by atoms with Crippen LogP contribution in [0, 0.1) is 0 Å². The van der Waals surface area contributed by atoms with Gasteiger partial charge >= 0.3 is 0 Å². The fourth-order valence-electron chi connectivity index (χ4n) is 1.40. The second-order valence-corrected chi connectivity index (χ2v) is 4.69. The van der Waals surface area contributed by atoms with Crippen LogP contribution in [0.4, 0.5) is 0 Å².